The second kappa shape index (κ2) is 11.8. The van der Waals surface area contributed by atoms with E-state index < -0.39 is 28.0 Å². The van der Waals surface area contributed by atoms with Crippen LogP contribution in [-0.4, -0.2) is 72.1 Å². The smallest absolute Gasteiger partial charge is 0.303 e. The largest absolute Gasteiger partial charge is 0.481 e. The molecule has 0 radical (unpaired) electrons. The van der Waals surface area contributed by atoms with Crippen molar-refractivity contribution in [2.45, 2.75) is 56.9 Å². The number of aliphatic carboxylic acids is 1. The van der Waals surface area contributed by atoms with Crippen molar-refractivity contribution in [3.8, 4) is 5.88 Å². The van der Waals surface area contributed by atoms with Crippen LogP contribution < -0.4 is 10.1 Å². The fourth-order valence-corrected chi connectivity index (χ4v) is 4.65. The molecule has 0 saturated carbocycles. The summed E-state index contributed by atoms with van der Waals surface area (Å²) < 4.78 is 50.8. The summed E-state index contributed by atoms with van der Waals surface area (Å²) in [6, 6.07) is 2.74. The summed E-state index contributed by atoms with van der Waals surface area (Å²) >= 11 is 0. The van der Waals surface area contributed by atoms with Crippen LogP contribution in [0.3, 0.4) is 0 Å². The number of halogens is 1. The SMILES string of the molecule is CC(C)(C)OC(O)NC/C(=C\F)COc1ccc(S(=O)(=O)N2CCC(CC(=O)O)CC2)cn1. The van der Waals surface area contributed by atoms with E-state index in [2.05, 4.69) is 10.3 Å². The molecule has 1 aromatic heterocycles. The zero-order valence-corrected chi connectivity index (χ0v) is 19.8. The highest BCUT2D eigenvalue weighted by molar-refractivity contribution is 7.89. The quantitative estimate of drug-likeness (QED) is 0.398. The van der Waals surface area contributed by atoms with Crippen molar-refractivity contribution in [2.24, 2.45) is 5.92 Å². The Kier molecular flexibility index (Phi) is 9.73. The van der Waals surface area contributed by atoms with Gasteiger partial charge >= 0.3 is 5.97 Å². The zero-order chi connectivity index (χ0) is 24.6. The fourth-order valence-electron chi connectivity index (χ4n) is 3.24. The number of carbonyl (C=O) groups is 1. The van der Waals surface area contributed by atoms with Crippen LogP contribution in [0.5, 0.6) is 5.88 Å². The summed E-state index contributed by atoms with van der Waals surface area (Å²) in [5, 5.41) is 21.3. The number of nitrogens with one attached hydrogen (secondary N) is 1. The molecule has 1 aliphatic heterocycles. The third-order valence-electron chi connectivity index (χ3n) is 4.91. The predicted molar refractivity (Wildman–Crippen MR) is 118 cm³/mol. The molecule has 1 aromatic rings. The number of sulfonamides is 1. The van der Waals surface area contributed by atoms with E-state index in [1.165, 1.54) is 22.6 Å². The van der Waals surface area contributed by atoms with Crippen molar-refractivity contribution >= 4 is 16.0 Å². The Hall–Kier alpha value is -2.12. The molecular formula is C21H32FN3O7S. The van der Waals surface area contributed by atoms with Crippen molar-refractivity contribution in [1.29, 1.82) is 0 Å². The predicted octanol–water partition coefficient (Wildman–Crippen LogP) is 1.87. The van der Waals surface area contributed by atoms with Gasteiger partial charge in [0.2, 0.25) is 22.3 Å². The fraction of sp³-hybridized carbons (Fsp3) is 0.619. The molecule has 1 unspecified atom stereocenters. The van der Waals surface area contributed by atoms with E-state index in [-0.39, 0.29) is 54.9 Å². The second-order valence-corrected chi connectivity index (χ2v) is 10.7. The van der Waals surface area contributed by atoms with Gasteiger partial charge in [0.05, 0.1) is 18.1 Å². The lowest BCUT2D eigenvalue weighted by Gasteiger charge is -2.30. The first-order valence-corrected chi connectivity index (χ1v) is 12.0. The van der Waals surface area contributed by atoms with E-state index in [0.717, 1.165) is 0 Å². The first-order chi connectivity index (χ1) is 15.4. The summed E-state index contributed by atoms with van der Waals surface area (Å²) in [5.41, 5.74) is -0.391. The number of nitrogens with zero attached hydrogens (tertiary/aromatic N) is 2. The number of aliphatic hydroxyl groups excluding tert-OH is 1. The Morgan fingerprint density at radius 3 is 2.55 bits per heavy atom. The van der Waals surface area contributed by atoms with Crippen LogP contribution in [0.4, 0.5) is 4.39 Å². The number of hydrogen-bond donors (Lipinski definition) is 3. The number of aliphatic hydroxyl groups is 1. The number of hydrogen-bond acceptors (Lipinski definition) is 8. The van der Waals surface area contributed by atoms with Crippen LogP contribution in [0, 0.1) is 5.92 Å². The van der Waals surface area contributed by atoms with Crippen LogP contribution in [0.2, 0.25) is 0 Å². The van der Waals surface area contributed by atoms with Crippen LogP contribution >= 0.6 is 0 Å². The van der Waals surface area contributed by atoms with Gasteiger partial charge in [0.1, 0.15) is 11.5 Å². The van der Waals surface area contributed by atoms with Gasteiger partial charge in [-0.3, -0.25) is 10.1 Å². The van der Waals surface area contributed by atoms with E-state index >= 15 is 0 Å². The van der Waals surface area contributed by atoms with Gasteiger partial charge in [-0.2, -0.15) is 4.31 Å². The van der Waals surface area contributed by atoms with Gasteiger partial charge in [0.25, 0.3) is 0 Å². The first kappa shape index (κ1) is 27.1. The molecule has 0 aromatic carbocycles. The molecule has 0 aliphatic carbocycles. The van der Waals surface area contributed by atoms with Crippen molar-refractivity contribution in [1.82, 2.24) is 14.6 Å². The maximum atomic E-state index is 13.1. The van der Waals surface area contributed by atoms with Crippen LogP contribution in [0.1, 0.15) is 40.0 Å². The highest BCUT2D eigenvalue weighted by Gasteiger charge is 2.30. The van der Waals surface area contributed by atoms with E-state index in [4.69, 9.17) is 14.6 Å². The maximum Gasteiger partial charge on any atom is 0.303 e. The Morgan fingerprint density at radius 1 is 1.36 bits per heavy atom. The average molecular weight is 490 g/mol. The van der Waals surface area contributed by atoms with Crippen molar-refractivity contribution in [3.63, 3.8) is 0 Å². The number of aromatic nitrogens is 1. The van der Waals surface area contributed by atoms with Gasteiger partial charge < -0.3 is 19.7 Å². The Bertz CT molecular complexity index is 909. The highest BCUT2D eigenvalue weighted by Crippen LogP contribution is 2.26. The minimum atomic E-state index is -3.76. The zero-order valence-electron chi connectivity index (χ0n) is 19.0. The molecule has 1 fully saturated rings. The molecule has 33 heavy (non-hydrogen) atoms. The Morgan fingerprint density at radius 2 is 2.03 bits per heavy atom. The maximum absolute atomic E-state index is 13.1. The standard InChI is InChI=1S/C21H32FN3O7S/c1-21(2,3)32-20(28)24-12-16(11-22)14-31-18-5-4-17(13-23-18)33(29,30)25-8-6-15(7-9-25)10-19(26)27/h4-5,11,13,15,20,24,28H,6-10,12,14H2,1-3H3,(H,26,27)/b16-11+. The van der Waals surface area contributed by atoms with Crippen molar-refractivity contribution in [3.05, 3.63) is 30.2 Å². The highest BCUT2D eigenvalue weighted by atomic mass is 32.2. The lowest BCUT2D eigenvalue weighted by molar-refractivity contribution is -0.180. The minimum Gasteiger partial charge on any atom is -0.481 e. The molecule has 1 atom stereocenters. The van der Waals surface area contributed by atoms with Gasteiger partial charge in [-0.1, -0.05) is 0 Å². The molecule has 2 rings (SSSR count). The summed E-state index contributed by atoms with van der Waals surface area (Å²) in [5.74, 6) is -0.803. The van der Waals surface area contributed by atoms with Gasteiger partial charge in [-0.15, -0.1) is 0 Å². The number of pyridine rings is 1. The van der Waals surface area contributed by atoms with Crippen LogP contribution in [0.25, 0.3) is 0 Å². The molecular weight excluding hydrogens is 457 g/mol. The Balaban J connectivity index is 1.87. The molecule has 186 valence electrons. The summed E-state index contributed by atoms with van der Waals surface area (Å²) in [7, 11) is -3.76. The summed E-state index contributed by atoms with van der Waals surface area (Å²) in [6.07, 6.45) is 1.26. The molecule has 1 aliphatic rings. The third kappa shape index (κ3) is 8.97. The minimum absolute atomic E-state index is 0.00286. The van der Waals surface area contributed by atoms with E-state index in [0.29, 0.717) is 19.2 Å². The molecule has 1 saturated heterocycles. The topological polar surface area (TPSA) is 138 Å². The number of ether oxygens (including phenoxy) is 2. The second-order valence-electron chi connectivity index (χ2n) is 8.80. The van der Waals surface area contributed by atoms with Crippen molar-refractivity contribution < 1.29 is 37.3 Å². The van der Waals surface area contributed by atoms with Gasteiger partial charge in [0.15, 0.2) is 0 Å². The van der Waals surface area contributed by atoms with E-state index in [1.54, 1.807) is 20.8 Å². The lowest BCUT2D eigenvalue weighted by Crippen LogP contribution is -2.39. The van der Waals surface area contributed by atoms with E-state index in [9.17, 15) is 22.7 Å². The average Bonchev–Trinajstić information content (AvgIpc) is 2.73. The van der Waals surface area contributed by atoms with Gasteiger partial charge in [0, 0.05) is 37.7 Å². The first-order valence-electron chi connectivity index (χ1n) is 10.6. The van der Waals surface area contributed by atoms with Crippen molar-refractivity contribution in [2.75, 3.05) is 26.2 Å². The van der Waals surface area contributed by atoms with Gasteiger partial charge in [-0.05, 0) is 45.6 Å². The number of carboxylic acids is 1. The summed E-state index contributed by atoms with van der Waals surface area (Å²) in [6.45, 7) is 5.61. The molecule has 2 heterocycles. The molecule has 0 bridgehead atoms. The number of piperidine rings is 1. The molecule has 0 spiro atoms. The molecule has 0 amide bonds. The molecule has 10 nitrogen and oxygen atoms in total. The normalized spacial score (nSPS) is 17.7. The third-order valence-corrected chi connectivity index (χ3v) is 6.79. The molecule has 3 N–H and O–H groups in total. The van der Waals surface area contributed by atoms with Crippen LogP contribution in [-0.2, 0) is 19.6 Å². The monoisotopic (exact) mass is 489 g/mol. The number of rotatable bonds is 11. The summed E-state index contributed by atoms with van der Waals surface area (Å²) in [4.78, 5) is 14.8. The van der Waals surface area contributed by atoms with Gasteiger partial charge in [-0.25, -0.2) is 17.8 Å². The molecule has 12 heteroatoms. The van der Waals surface area contributed by atoms with E-state index in [1.807, 2.05) is 0 Å². The van der Waals surface area contributed by atoms with Crippen LogP contribution in [0.15, 0.2) is 35.1 Å². The lowest BCUT2D eigenvalue weighted by atomic mass is 9.95. The Labute approximate surface area is 193 Å². The number of carboxylic acid groups (broad SMARTS) is 1.